The van der Waals surface area contributed by atoms with Crippen LogP contribution in [0.3, 0.4) is 0 Å². The van der Waals surface area contributed by atoms with E-state index in [2.05, 4.69) is 25.2 Å². The Labute approximate surface area is 125 Å². The van der Waals surface area contributed by atoms with Crippen molar-refractivity contribution in [2.24, 2.45) is 5.73 Å². The van der Waals surface area contributed by atoms with Crippen molar-refractivity contribution in [2.45, 2.75) is 26.7 Å². The molecule has 0 saturated heterocycles. The molecule has 21 heavy (non-hydrogen) atoms. The van der Waals surface area contributed by atoms with Gasteiger partial charge in [0.15, 0.2) is 0 Å². The van der Waals surface area contributed by atoms with E-state index in [9.17, 15) is 4.79 Å². The fourth-order valence-electron chi connectivity index (χ4n) is 2.38. The molecule has 110 valence electrons. The van der Waals surface area contributed by atoms with Crippen LogP contribution in [0, 0.1) is 6.92 Å². The van der Waals surface area contributed by atoms with Gasteiger partial charge in [0.1, 0.15) is 0 Å². The van der Waals surface area contributed by atoms with Crippen molar-refractivity contribution in [3.63, 3.8) is 0 Å². The number of benzene rings is 2. The first-order chi connectivity index (χ1) is 9.91. The zero-order valence-corrected chi connectivity index (χ0v) is 12.6. The largest absolute Gasteiger partial charge is 0.397 e. The highest BCUT2D eigenvalue weighted by atomic mass is 16.1. The lowest BCUT2D eigenvalue weighted by molar-refractivity contribution is 0.100. The molecule has 5 N–H and O–H groups in total. The third kappa shape index (κ3) is 2.99. The van der Waals surface area contributed by atoms with Gasteiger partial charge in [-0.3, -0.25) is 4.79 Å². The first-order valence-electron chi connectivity index (χ1n) is 6.96. The first kappa shape index (κ1) is 14.9. The number of hydrogen-bond donors (Lipinski definition) is 3. The van der Waals surface area contributed by atoms with Crippen LogP contribution in [0.2, 0.25) is 0 Å². The molecule has 0 radical (unpaired) electrons. The van der Waals surface area contributed by atoms with Crippen molar-refractivity contribution in [1.29, 1.82) is 0 Å². The zero-order chi connectivity index (χ0) is 15.6. The Morgan fingerprint density at radius 2 is 1.76 bits per heavy atom. The fourth-order valence-corrected chi connectivity index (χ4v) is 2.38. The molecule has 1 amide bonds. The second-order valence-corrected chi connectivity index (χ2v) is 5.45. The van der Waals surface area contributed by atoms with Gasteiger partial charge in [-0.15, -0.1) is 0 Å². The Bertz CT molecular complexity index is 678. The molecule has 0 spiro atoms. The Morgan fingerprint density at radius 3 is 2.38 bits per heavy atom. The maximum atomic E-state index is 11.6. The summed E-state index contributed by atoms with van der Waals surface area (Å²) in [6.07, 6.45) is 0. The molecule has 0 fully saturated rings. The van der Waals surface area contributed by atoms with Gasteiger partial charge in [-0.05, 0) is 36.1 Å². The van der Waals surface area contributed by atoms with E-state index in [0.29, 0.717) is 22.9 Å². The second-order valence-electron chi connectivity index (χ2n) is 5.45. The van der Waals surface area contributed by atoms with Crippen LogP contribution >= 0.6 is 0 Å². The molecule has 2 aromatic carbocycles. The predicted octanol–water partition coefficient (Wildman–Crippen LogP) is 3.54. The zero-order valence-electron chi connectivity index (χ0n) is 12.6. The van der Waals surface area contributed by atoms with Crippen LogP contribution in [0.5, 0.6) is 0 Å². The van der Waals surface area contributed by atoms with E-state index < -0.39 is 5.91 Å². The van der Waals surface area contributed by atoms with Crippen LogP contribution in [-0.4, -0.2) is 5.91 Å². The summed E-state index contributed by atoms with van der Waals surface area (Å²) in [7, 11) is 0. The second kappa shape index (κ2) is 5.87. The van der Waals surface area contributed by atoms with E-state index in [1.807, 2.05) is 19.1 Å². The van der Waals surface area contributed by atoms with Crippen molar-refractivity contribution < 1.29 is 4.79 Å². The van der Waals surface area contributed by atoms with Crippen LogP contribution in [0.25, 0.3) is 0 Å². The average Bonchev–Trinajstić information content (AvgIpc) is 2.42. The number of carbonyl (C=O) groups is 1. The minimum atomic E-state index is -0.496. The lowest BCUT2D eigenvalue weighted by Crippen LogP contribution is -2.15. The lowest BCUT2D eigenvalue weighted by atomic mass is 9.97. The number of primary amides is 1. The van der Waals surface area contributed by atoms with Gasteiger partial charge in [0.2, 0.25) is 0 Å². The van der Waals surface area contributed by atoms with Gasteiger partial charge in [-0.1, -0.05) is 38.1 Å². The molecule has 2 rings (SSSR count). The number of para-hydroxylation sites is 2. The maximum absolute atomic E-state index is 11.6. The number of aryl methyl sites for hydroxylation is 1. The minimum Gasteiger partial charge on any atom is -0.397 e. The Kier molecular flexibility index (Phi) is 4.17. The molecule has 0 saturated carbocycles. The number of rotatable bonds is 4. The molecule has 0 aliphatic rings. The quantitative estimate of drug-likeness (QED) is 0.751. The molecule has 0 bridgehead atoms. The summed E-state index contributed by atoms with van der Waals surface area (Å²) in [5.41, 5.74) is 16.2. The highest BCUT2D eigenvalue weighted by Crippen LogP contribution is 2.33. The van der Waals surface area contributed by atoms with Gasteiger partial charge in [0, 0.05) is 5.69 Å². The van der Waals surface area contributed by atoms with E-state index in [-0.39, 0.29) is 0 Å². The Morgan fingerprint density at radius 1 is 1.10 bits per heavy atom. The summed E-state index contributed by atoms with van der Waals surface area (Å²) in [6, 6.07) is 11.3. The van der Waals surface area contributed by atoms with Crippen molar-refractivity contribution in [3.8, 4) is 0 Å². The molecule has 0 heterocycles. The standard InChI is InChI=1S/C17H21N3O/c1-10(2)12-7-4-6-11(3)15(12)20-16-13(17(19)21)8-5-9-14(16)18/h4-10,20H,18H2,1-3H3,(H2,19,21). The minimum absolute atomic E-state index is 0.356. The molecule has 4 heteroatoms. The van der Waals surface area contributed by atoms with Gasteiger partial charge >= 0.3 is 0 Å². The molecular weight excluding hydrogens is 262 g/mol. The number of nitrogen functional groups attached to an aromatic ring is 1. The maximum Gasteiger partial charge on any atom is 0.250 e. The smallest absolute Gasteiger partial charge is 0.250 e. The normalized spacial score (nSPS) is 10.7. The van der Waals surface area contributed by atoms with Crippen LogP contribution < -0.4 is 16.8 Å². The Hall–Kier alpha value is -2.49. The average molecular weight is 283 g/mol. The molecule has 0 aliphatic heterocycles. The van der Waals surface area contributed by atoms with E-state index in [4.69, 9.17) is 11.5 Å². The van der Waals surface area contributed by atoms with Crippen molar-refractivity contribution in [1.82, 2.24) is 0 Å². The summed E-state index contributed by atoms with van der Waals surface area (Å²) >= 11 is 0. The third-order valence-electron chi connectivity index (χ3n) is 3.54. The molecule has 0 atom stereocenters. The number of nitrogens with two attached hydrogens (primary N) is 2. The number of anilines is 3. The number of carbonyl (C=O) groups excluding carboxylic acids is 1. The van der Waals surface area contributed by atoms with Crippen molar-refractivity contribution in [3.05, 3.63) is 53.1 Å². The van der Waals surface area contributed by atoms with Crippen LogP contribution in [0.1, 0.15) is 41.3 Å². The van der Waals surface area contributed by atoms with Gasteiger partial charge in [-0.25, -0.2) is 0 Å². The first-order valence-corrected chi connectivity index (χ1v) is 6.96. The van der Waals surface area contributed by atoms with Crippen LogP contribution in [-0.2, 0) is 0 Å². The van der Waals surface area contributed by atoms with E-state index in [1.165, 1.54) is 5.56 Å². The topological polar surface area (TPSA) is 81.1 Å². The molecule has 0 unspecified atom stereocenters. The molecular formula is C17H21N3O. The van der Waals surface area contributed by atoms with Crippen molar-refractivity contribution >= 4 is 23.0 Å². The summed E-state index contributed by atoms with van der Waals surface area (Å²) in [4.78, 5) is 11.6. The monoisotopic (exact) mass is 283 g/mol. The summed E-state index contributed by atoms with van der Waals surface area (Å²) < 4.78 is 0. The van der Waals surface area contributed by atoms with Gasteiger partial charge in [-0.2, -0.15) is 0 Å². The number of hydrogen-bond acceptors (Lipinski definition) is 3. The Balaban J connectivity index is 2.56. The van der Waals surface area contributed by atoms with E-state index in [1.54, 1.807) is 18.2 Å². The van der Waals surface area contributed by atoms with Gasteiger partial charge in [0.25, 0.3) is 5.91 Å². The predicted molar refractivity (Wildman–Crippen MR) is 87.9 cm³/mol. The number of amides is 1. The highest BCUT2D eigenvalue weighted by Gasteiger charge is 2.15. The lowest BCUT2D eigenvalue weighted by Gasteiger charge is -2.19. The molecule has 2 aromatic rings. The summed E-state index contributed by atoms with van der Waals surface area (Å²) in [6.45, 7) is 6.28. The number of nitrogens with one attached hydrogen (secondary N) is 1. The fraction of sp³-hybridized carbons (Fsp3) is 0.235. The molecule has 0 aliphatic carbocycles. The molecule has 4 nitrogen and oxygen atoms in total. The van der Waals surface area contributed by atoms with Crippen LogP contribution in [0.15, 0.2) is 36.4 Å². The van der Waals surface area contributed by atoms with Crippen LogP contribution in [0.4, 0.5) is 17.1 Å². The van der Waals surface area contributed by atoms with Gasteiger partial charge < -0.3 is 16.8 Å². The molecule has 0 aromatic heterocycles. The third-order valence-corrected chi connectivity index (χ3v) is 3.54. The van der Waals surface area contributed by atoms with E-state index >= 15 is 0 Å². The highest BCUT2D eigenvalue weighted by molar-refractivity contribution is 6.02. The SMILES string of the molecule is Cc1cccc(C(C)C)c1Nc1c(N)cccc1C(N)=O. The van der Waals surface area contributed by atoms with E-state index in [0.717, 1.165) is 11.3 Å². The summed E-state index contributed by atoms with van der Waals surface area (Å²) in [5, 5.41) is 3.31. The summed E-state index contributed by atoms with van der Waals surface area (Å²) in [5.74, 6) is -0.140. The van der Waals surface area contributed by atoms with Gasteiger partial charge in [0.05, 0.1) is 16.9 Å². The van der Waals surface area contributed by atoms with Crippen molar-refractivity contribution in [2.75, 3.05) is 11.1 Å².